The lowest BCUT2D eigenvalue weighted by Gasteiger charge is -1.95. The van der Waals surface area contributed by atoms with Crippen LogP contribution < -0.4 is 11.1 Å². The van der Waals surface area contributed by atoms with E-state index in [1.165, 1.54) is 0 Å². The molecule has 120 valence electrons. The van der Waals surface area contributed by atoms with Crippen molar-refractivity contribution in [1.82, 2.24) is 18.1 Å². The van der Waals surface area contributed by atoms with Crippen molar-refractivity contribution in [1.29, 1.82) is 0 Å². The summed E-state index contributed by atoms with van der Waals surface area (Å²) >= 11 is 8.49. The van der Waals surface area contributed by atoms with Gasteiger partial charge in [0.15, 0.2) is 0 Å². The van der Waals surface area contributed by atoms with Gasteiger partial charge in [-0.2, -0.15) is 13.9 Å². The van der Waals surface area contributed by atoms with Crippen LogP contribution in [0.1, 0.15) is 0 Å². The van der Waals surface area contributed by atoms with E-state index in [0.717, 1.165) is 18.7 Å². The van der Waals surface area contributed by atoms with E-state index in [4.69, 9.17) is 11.8 Å². The van der Waals surface area contributed by atoms with Crippen molar-refractivity contribution in [3.8, 4) is 0 Å². The van der Waals surface area contributed by atoms with Gasteiger partial charge in [0.25, 0.3) is 11.1 Å². The minimum atomic E-state index is -0.283. The van der Waals surface area contributed by atoms with Gasteiger partial charge in [0.2, 0.25) is 0 Å². The third-order valence-electron chi connectivity index (χ3n) is 3.31. The minimum Gasteiger partial charge on any atom is -0.266 e. The average molecular weight is 406 g/mol. The van der Waals surface area contributed by atoms with E-state index in [1.807, 2.05) is 30.3 Å². The molecule has 0 atom stereocenters. The van der Waals surface area contributed by atoms with E-state index < -0.39 is 0 Å². The van der Waals surface area contributed by atoms with Gasteiger partial charge in [-0.1, -0.05) is 36.4 Å². The molecule has 2 aromatic heterocycles. The molecule has 4 rings (SSSR count). The number of hydrogen-bond acceptors (Lipinski definition) is 4. The van der Waals surface area contributed by atoms with E-state index in [1.54, 1.807) is 30.6 Å². The molecule has 0 N–H and O–H groups in total. The third-order valence-corrected chi connectivity index (χ3v) is 4.06. The van der Waals surface area contributed by atoms with E-state index in [9.17, 15) is 9.59 Å². The minimum absolute atomic E-state index is 0.131. The van der Waals surface area contributed by atoms with Crippen molar-refractivity contribution in [2.24, 2.45) is 0 Å². The van der Waals surface area contributed by atoms with Gasteiger partial charge in [0, 0.05) is 22.5 Å². The maximum Gasteiger partial charge on any atom is 0.289 e. The van der Waals surface area contributed by atoms with Crippen LogP contribution in [0.2, 0.25) is 0 Å². The molecular weight excluding hydrogens is 396 g/mol. The Morgan fingerprint density at radius 1 is 0.792 bits per heavy atom. The average Bonchev–Trinajstić information content (AvgIpc) is 2.62. The molecule has 0 fully saturated rings. The molecule has 0 bridgehead atoms. The maximum absolute atomic E-state index is 11.4. The maximum atomic E-state index is 11.4. The first-order valence-electron chi connectivity index (χ1n) is 6.84. The summed E-state index contributed by atoms with van der Waals surface area (Å²) in [7, 11) is 0. The van der Waals surface area contributed by atoms with E-state index >= 15 is 0 Å². The molecule has 0 saturated carbocycles. The van der Waals surface area contributed by atoms with Crippen LogP contribution in [0.5, 0.6) is 0 Å². The van der Waals surface area contributed by atoms with Crippen molar-refractivity contribution >= 4 is 49.5 Å². The normalized spacial score (nSPS) is 10.4. The molecule has 4 aromatic rings. The van der Waals surface area contributed by atoms with Gasteiger partial charge in [0.1, 0.15) is 0 Å². The highest BCUT2D eigenvalue weighted by Gasteiger charge is 2.00. The summed E-state index contributed by atoms with van der Waals surface area (Å²) < 4.78 is 1.96. The molecule has 24 heavy (non-hydrogen) atoms. The molecule has 0 aliphatic rings. The van der Waals surface area contributed by atoms with Gasteiger partial charge in [-0.15, -0.1) is 4.20 Å². The molecule has 8 heteroatoms. The number of benzene rings is 2. The smallest absolute Gasteiger partial charge is 0.266 e. The Morgan fingerprint density at radius 2 is 1.29 bits per heavy atom. The first kappa shape index (κ1) is 16.4. The van der Waals surface area contributed by atoms with Gasteiger partial charge in [-0.25, -0.2) is 0 Å². The SMILES string of the molecule is O=c1c2ccccc2cnn1Br.O=c1c2ccccc2cnn1Cl. The quantitative estimate of drug-likeness (QED) is 0.451. The molecule has 0 unspecified atom stereocenters. The Labute approximate surface area is 149 Å². The standard InChI is InChI=1S/C8H5BrN2O.C8H5ClN2O/c2*9-11-8(12)7-4-2-1-3-6(7)5-10-11/h2*1-5H. The van der Waals surface area contributed by atoms with Crippen LogP contribution in [0.15, 0.2) is 70.5 Å². The van der Waals surface area contributed by atoms with E-state index in [0.29, 0.717) is 10.8 Å². The predicted octanol–water partition coefficient (Wildman–Crippen LogP) is 2.95. The molecule has 0 spiro atoms. The second-order valence-corrected chi connectivity index (χ2v) is 5.79. The summed E-state index contributed by atoms with van der Waals surface area (Å²) in [5.74, 6) is 0. The van der Waals surface area contributed by atoms with Crippen molar-refractivity contribution in [3.05, 3.63) is 81.6 Å². The van der Waals surface area contributed by atoms with Crippen molar-refractivity contribution in [2.45, 2.75) is 0 Å². The second-order valence-electron chi connectivity index (χ2n) is 4.79. The second kappa shape index (κ2) is 6.94. The van der Waals surface area contributed by atoms with Crippen LogP contribution in [0.25, 0.3) is 21.5 Å². The van der Waals surface area contributed by atoms with Crippen LogP contribution >= 0.6 is 27.9 Å². The van der Waals surface area contributed by atoms with Gasteiger partial charge in [0.05, 0.1) is 39.3 Å². The van der Waals surface area contributed by atoms with Crippen LogP contribution in [-0.2, 0) is 0 Å². The number of fused-ring (bicyclic) bond motifs is 2. The molecule has 0 amide bonds. The molecule has 0 aliphatic carbocycles. The van der Waals surface area contributed by atoms with E-state index in [2.05, 4.69) is 26.3 Å². The molecule has 2 aromatic carbocycles. The fourth-order valence-corrected chi connectivity index (χ4v) is 2.56. The molecule has 6 nitrogen and oxygen atoms in total. The number of hydrogen-bond donors (Lipinski definition) is 0. The summed E-state index contributed by atoms with van der Waals surface area (Å²) in [6.07, 6.45) is 3.20. The molecular formula is C16H10BrClN4O2. The molecule has 0 radical (unpaired) electrons. The Hall–Kier alpha value is -2.51. The van der Waals surface area contributed by atoms with Crippen LogP contribution in [-0.4, -0.2) is 18.1 Å². The number of rotatable bonds is 0. The first-order chi connectivity index (χ1) is 11.6. The Balaban J connectivity index is 0.000000141. The van der Waals surface area contributed by atoms with Crippen molar-refractivity contribution in [3.63, 3.8) is 0 Å². The summed E-state index contributed by atoms with van der Waals surface area (Å²) in [6.45, 7) is 0. The Bertz CT molecular complexity index is 1050. The van der Waals surface area contributed by atoms with Crippen LogP contribution in [0.4, 0.5) is 0 Å². The number of aromatic nitrogens is 4. The zero-order chi connectivity index (χ0) is 17.1. The largest absolute Gasteiger partial charge is 0.289 e. The van der Waals surface area contributed by atoms with Gasteiger partial charge >= 0.3 is 0 Å². The Kier molecular flexibility index (Phi) is 4.73. The lowest BCUT2D eigenvalue weighted by Crippen LogP contribution is -2.14. The van der Waals surface area contributed by atoms with Gasteiger partial charge < -0.3 is 0 Å². The lowest BCUT2D eigenvalue weighted by molar-refractivity contribution is 0.921. The number of halogens is 2. The van der Waals surface area contributed by atoms with E-state index in [-0.39, 0.29) is 11.1 Å². The first-order valence-corrected chi connectivity index (χ1v) is 7.89. The van der Waals surface area contributed by atoms with Crippen molar-refractivity contribution < 1.29 is 0 Å². The molecule has 0 aliphatic heterocycles. The molecule has 2 heterocycles. The summed E-state index contributed by atoms with van der Waals surface area (Å²) in [5.41, 5.74) is -0.414. The van der Waals surface area contributed by atoms with Crippen LogP contribution in [0, 0.1) is 0 Å². The summed E-state index contributed by atoms with van der Waals surface area (Å²) in [5, 5.41) is 10.4. The molecule has 0 saturated heterocycles. The summed E-state index contributed by atoms with van der Waals surface area (Å²) in [4.78, 5) is 22.7. The van der Waals surface area contributed by atoms with Gasteiger partial charge in [-0.05, 0) is 12.1 Å². The zero-order valence-electron chi connectivity index (χ0n) is 12.1. The van der Waals surface area contributed by atoms with Crippen LogP contribution in [0.3, 0.4) is 0 Å². The zero-order valence-corrected chi connectivity index (χ0v) is 14.5. The Morgan fingerprint density at radius 3 is 1.92 bits per heavy atom. The van der Waals surface area contributed by atoms with Gasteiger partial charge in [-0.3, -0.25) is 9.59 Å². The highest BCUT2D eigenvalue weighted by atomic mass is 79.9. The third kappa shape index (κ3) is 3.22. The predicted molar refractivity (Wildman–Crippen MR) is 97.6 cm³/mol. The number of nitrogens with zero attached hydrogens (tertiary/aromatic N) is 4. The van der Waals surface area contributed by atoms with Crippen molar-refractivity contribution in [2.75, 3.05) is 0 Å². The fourth-order valence-electron chi connectivity index (χ4n) is 2.14. The fraction of sp³-hybridized carbons (Fsp3) is 0. The monoisotopic (exact) mass is 404 g/mol. The summed E-state index contributed by atoms with van der Waals surface area (Å²) in [6, 6.07) is 14.5. The highest BCUT2D eigenvalue weighted by Crippen LogP contribution is 2.07. The topological polar surface area (TPSA) is 69.8 Å². The highest BCUT2D eigenvalue weighted by molar-refractivity contribution is 9.08. The lowest BCUT2D eigenvalue weighted by atomic mass is 10.2.